The van der Waals surface area contributed by atoms with Crippen LogP contribution in [-0.4, -0.2) is 61.8 Å². The summed E-state index contributed by atoms with van der Waals surface area (Å²) >= 11 is 0. The highest BCUT2D eigenvalue weighted by atomic mass is 31.2. The van der Waals surface area contributed by atoms with E-state index in [1.54, 1.807) is 26.0 Å². The predicted molar refractivity (Wildman–Crippen MR) is 158 cm³/mol. The van der Waals surface area contributed by atoms with Crippen molar-refractivity contribution in [3.05, 3.63) is 62.6 Å². The average molecular weight is 637 g/mol. The second-order valence-corrected chi connectivity index (χ2v) is 13.4. The second kappa shape index (κ2) is 12.2. The number of hydrogen-bond donors (Lipinski definition) is 3. The van der Waals surface area contributed by atoms with Crippen molar-refractivity contribution in [1.29, 1.82) is 0 Å². The molecule has 6 unspecified atom stereocenters. The normalized spacial score (nSPS) is 25.5. The lowest BCUT2D eigenvalue weighted by molar-refractivity contribution is -0.149. The van der Waals surface area contributed by atoms with Gasteiger partial charge in [-0.25, -0.2) is 13.8 Å². The van der Waals surface area contributed by atoms with Crippen LogP contribution in [0.4, 0.5) is 4.39 Å². The number of halogens is 1. The van der Waals surface area contributed by atoms with Crippen LogP contribution in [0.25, 0.3) is 10.9 Å². The number of rotatable bonds is 10. The van der Waals surface area contributed by atoms with Gasteiger partial charge < -0.3 is 23.7 Å². The molecule has 0 amide bonds. The van der Waals surface area contributed by atoms with Crippen LogP contribution in [0.2, 0.25) is 0 Å². The van der Waals surface area contributed by atoms with E-state index in [2.05, 4.69) is 9.65 Å². The first kappa shape index (κ1) is 32.1. The van der Waals surface area contributed by atoms with E-state index in [1.807, 2.05) is 18.1 Å². The van der Waals surface area contributed by atoms with Gasteiger partial charge in [0, 0.05) is 35.9 Å². The van der Waals surface area contributed by atoms with Gasteiger partial charge in [0.2, 0.25) is 0 Å². The smallest absolute Gasteiger partial charge is 0.459 e. The Labute approximate surface area is 252 Å². The predicted octanol–water partition coefficient (Wildman–Crippen LogP) is 3.03. The van der Waals surface area contributed by atoms with E-state index in [4.69, 9.17) is 18.5 Å². The van der Waals surface area contributed by atoms with E-state index >= 15 is 4.39 Å². The van der Waals surface area contributed by atoms with Crippen LogP contribution in [0, 0.1) is 0 Å². The van der Waals surface area contributed by atoms with Crippen molar-refractivity contribution < 1.29 is 37.4 Å². The third kappa shape index (κ3) is 6.27. The quantitative estimate of drug-likeness (QED) is 0.223. The first-order valence-electron chi connectivity index (χ1n) is 14.6. The van der Waals surface area contributed by atoms with Crippen molar-refractivity contribution >= 4 is 24.6 Å². The molecule has 3 aromatic rings. The zero-order valence-electron chi connectivity index (χ0n) is 25.2. The van der Waals surface area contributed by atoms with Crippen molar-refractivity contribution in [2.24, 2.45) is 7.05 Å². The minimum atomic E-state index is -4.41. The van der Waals surface area contributed by atoms with Gasteiger partial charge in [-0.1, -0.05) is 0 Å². The number of fused-ring (bicyclic) bond motifs is 3. The highest BCUT2D eigenvalue weighted by Gasteiger charge is 2.56. The van der Waals surface area contributed by atoms with Crippen LogP contribution in [0.3, 0.4) is 0 Å². The highest BCUT2D eigenvalue weighted by molar-refractivity contribution is 7.52. The Morgan fingerprint density at radius 1 is 1.25 bits per heavy atom. The topological polar surface area (TPSA) is 163 Å². The fourth-order valence-corrected chi connectivity index (χ4v) is 7.28. The van der Waals surface area contributed by atoms with Gasteiger partial charge in [0.25, 0.3) is 5.56 Å². The second-order valence-electron chi connectivity index (χ2n) is 11.7. The van der Waals surface area contributed by atoms with Crippen LogP contribution in [0.1, 0.15) is 58.0 Å². The molecule has 15 heteroatoms. The average Bonchev–Trinajstić information content (AvgIpc) is 3.36. The third-order valence-corrected chi connectivity index (χ3v) is 9.65. The van der Waals surface area contributed by atoms with Gasteiger partial charge in [-0.3, -0.25) is 23.7 Å². The fourth-order valence-electron chi connectivity index (χ4n) is 5.79. The maximum absolute atomic E-state index is 15.7. The molecule has 1 fully saturated rings. The largest absolute Gasteiger partial charge is 0.462 e. The number of ether oxygens (including phenoxy) is 2. The lowest BCUT2D eigenvalue weighted by Gasteiger charge is -2.25. The third-order valence-electron chi connectivity index (χ3n) is 8.01. The van der Waals surface area contributed by atoms with Crippen LogP contribution >= 0.6 is 7.75 Å². The maximum Gasteiger partial charge on any atom is 0.459 e. The van der Waals surface area contributed by atoms with Crippen molar-refractivity contribution in [3.63, 3.8) is 0 Å². The van der Waals surface area contributed by atoms with Crippen LogP contribution in [-0.2, 0) is 43.2 Å². The molecule has 1 aliphatic heterocycles. The Hall–Kier alpha value is -3.29. The van der Waals surface area contributed by atoms with Gasteiger partial charge in [0.1, 0.15) is 24.0 Å². The summed E-state index contributed by atoms with van der Waals surface area (Å²) in [6.45, 7) is 5.16. The zero-order chi connectivity index (χ0) is 32.0. The number of carbonyl (C=O) groups is 1. The van der Waals surface area contributed by atoms with E-state index in [0.717, 1.165) is 60.3 Å². The lowest BCUT2D eigenvalue weighted by Crippen LogP contribution is -2.43. The highest BCUT2D eigenvalue weighted by Crippen LogP contribution is 2.48. The molecule has 5 rings (SSSR count). The number of aromatic nitrogens is 3. The minimum absolute atomic E-state index is 0.206. The molecule has 0 spiro atoms. The van der Waals surface area contributed by atoms with Gasteiger partial charge in [-0.2, -0.15) is 5.09 Å². The number of hydrogen-bond acceptors (Lipinski definition) is 9. The molecule has 13 nitrogen and oxygen atoms in total. The number of esters is 1. The van der Waals surface area contributed by atoms with Crippen molar-refractivity contribution in [2.45, 2.75) is 89.6 Å². The number of nitrogens with zero attached hydrogens (tertiary/aromatic N) is 2. The Kier molecular flexibility index (Phi) is 8.94. The molecule has 1 aromatic carbocycles. The fraction of sp³-hybridized carbons (Fsp3) is 0.552. The maximum atomic E-state index is 15.7. The minimum Gasteiger partial charge on any atom is -0.462 e. The number of aliphatic hydroxyl groups is 1. The molecule has 1 aliphatic carbocycles. The molecule has 2 aliphatic rings. The number of aliphatic hydroxyl groups excluding tert-OH is 1. The van der Waals surface area contributed by atoms with E-state index in [1.165, 1.54) is 18.2 Å². The summed E-state index contributed by atoms with van der Waals surface area (Å²) in [6, 6.07) is 5.15. The summed E-state index contributed by atoms with van der Waals surface area (Å²) in [6.07, 6.45) is -0.230. The van der Waals surface area contributed by atoms with Crippen LogP contribution in [0.5, 0.6) is 5.75 Å². The monoisotopic (exact) mass is 636 g/mol. The number of nitrogens with one attached hydrogen (secondary N) is 2. The molecule has 1 saturated heterocycles. The van der Waals surface area contributed by atoms with Gasteiger partial charge >= 0.3 is 19.4 Å². The lowest BCUT2D eigenvalue weighted by atomic mass is 9.95. The Morgan fingerprint density at radius 3 is 2.68 bits per heavy atom. The summed E-state index contributed by atoms with van der Waals surface area (Å²) in [7, 11) is -2.41. The van der Waals surface area contributed by atoms with Gasteiger partial charge in [0.15, 0.2) is 11.9 Å². The first-order chi connectivity index (χ1) is 20.7. The molecule has 3 N–H and O–H groups in total. The molecular weight excluding hydrogens is 598 g/mol. The summed E-state index contributed by atoms with van der Waals surface area (Å²) in [5.41, 5.74) is -0.690. The molecule has 0 saturated carbocycles. The Bertz CT molecular complexity index is 1710. The number of H-pyrrole nitrogens is 1. The summed E-state index contributed by atoms with van der Waals surface area (Å²) in [5, 5.41) is 14.3. The molecular formula is C29H38FN4O9P. The molecule has 240 valence electrons. The van der Waals surface area contributed by atoms with Crippen molar-refractivity contribution in [3.8, 4) is 5.75 Å². The van der Waals surface area contributed by atoms with E-state index in [-0.39, 0.29) is 5.75 Å². The van der Waals surface area contributed by atoms with Gasteiger partial charge in [0.05, 0.1) is 12.7 Å². The summed E-state index contributed by atoms with van der Waals surface area (Å²) in [5.74, 6) is -0.497. The molecule has 2 aromatic heterocycles. The summed E-state index contributed by atoms with van der Waals surface area (Å²) < 4.78 is 55.3. The van der Waals surface area contributed by atoms with Crippen molar-refractivity contribution in [2.75, 3.05) is 6.61 Å². The first-order valence-corrected chi connectivity index (χ1v) is 16.1. The zero-order valence-corrected chi connectivity index (χ0v) is 26.1. The van der Waals surface area contributed by atoms with Crippen LogP contribution < -0.4 is 20.9 Å². The van der Waals surface area contributed by atoms with E-state index < -0.39 is 67.8 Å². The van der Waals surface area contributed by atoms with Gasteiger partial charge in [-0.05, 0) is 77.1 Å². The molecule has 0 radical (unpaired) electrons. The number of benzene rings is 1. The van der Waals surface area contributed by atoms with Crippen LogP contribution in [0.15, 0.2) is 40.1 Å². The van der Waals surface area contributed by atoms with Crippen molar-refractivity contribution in [1.82, 2.24) is 19.2 Å². The standard InChI is InChI=1S/C29H38FN4O9P/c1-16(2)41-26(37)17(3)32-44(39,43-18-10-11-22-20(14-18)19-8-6-7-9-21(19)33(22)5)40-15-23-25(36)29(4,30)27(42-23)34-13-12-24(35)31-28(34)38/h10-14,16-17,23,25,27,36H,6-9,15H2,1-5H3,(H,32,39)(H,31,35,38). The molecule has 3 heterocycles. The Morgan fingerprint density at radius 2 is 1.98 bits per heavy atom. The SMILES string of the molecule is CC(C)OC(=O)C(C)NP(=O)(OCC1OC(n2ccc(=O)[nH]c2=O)C(C)(F)C1O)Oc1ccc2c(c1)c1c(n2C)CCCC1. The van der Waals surface area contributed by atoms with E-state index in [9.17, 15) is 24.1 Å². The number of aryl methyl sites for hydroxylation is 2. The molecule has 0 bridgehead atoms. The number of carbonyl (C=O) groups excluding carboxylic acids is 1. The van der Waals surface area contributed by atoms with E-state index in [0.29, 0.717) is 0 Å². The van der Waals surface area contributed by atoms with Gasteiger partial charge in [-0.15, -0.1) is 0 Å². The summed E-state index contributed by atoms with van der Waals surface area (Å²) in [4.78, 5) is 38.4. The number of aromatic amines is 1. The molecule has 6 atom stereocenters. The Balaban J connectivity index is 1.41. The molecule has 44 heavy (non-hydrogen) atoms. The number of alkyl halides is 1.